The molecule has 0 aliphatic carbocycles. The standard InChI is InChI=1S/C12H30N6.H2O4S/c1-2-14-5-6-16-9-10-18-12-11-17-8-7-15-4-3-13-1;1-5(2,3)4/h13-18H,1-12H2;(H2,1,2,3,4). The van der Waals surface area contributed by atoms with Crippen molar-refractivity contribution >= 4 is 10.4 Å². The number of hydrogen-bond acceptors (Lipinski definition) is 8. The van der Waals surface area contributed by atoms with Crippen LogP contribution in [0, 0.1) is 0 Å². The second-order valence-corrected chi connectivity index (χ2v) is 5.84. The zero-order valence-corrected chi connectivity index (χ0v) is 14.4. The summed E-state index contributed by atoms with van der Waals surface area (Å²) in [7, 11) is -4.67. The summed E-state index contributed by atoms with van der Waals surface area (Å²) in [6.45, 7) is 12.5. The van der Waals surface area contributed by atoms with Gasteiger partial charge in [0.15, 0.2) is 0 Å². The molecule has 0 spiro atoms. The van der Waals surface area contributed by atoms with E-state index in [2.05, 4.69) is 31.9 Å². The van der Waals surface area contributed by atoms with Gasteiger partial charge in [-0.15, -0.1) is 0 Å². The molecule has 0 aromatic heterocycles. The fourth-order valence-corrected chi connectivity index (χ4v) is 1.81. The van der Waals surface area contributed by atoms with Crippen molar-refractivity contribution in [3.8, 4) is 0 Å². The molecular formula is C12H32N6O4S. The maximum absolute atomic E-state index is 8.74. The normalized spacial score (nSPS) is 21.3. The van der Waals surface area contributed by atoms with Crippen LogP contribution in [0.4, 0.5) is 0 Å². The van der Waals surface area contributed by atoms with Gasteiger partial charge in [-0.3, -0.25) is 9.11 Å². The molecule has 8 N–H and O–H groups in total. The van der Waals surface area contributed by atoms with E-state index in [0.717, 1.165) is 78.5 Å². The van der Waals surface area contributed by atoms with E-state index in [1.165, 1.54) is 0 Å². The lowest BCUT2D eigenvalue weighted by molar-refractivity contribution is 0.381. The molecule has 1 aliphatic rings. The molecule has 10 nitrogen and oxygen atoms in total. The van der Waals surface area contributed by atoms with Gasteiger partial charge in [0, 0.05) is 78.5 Å². The Kier molecular flexibility index (Phi) is 16.2. The molecule has 140 valence electrons. The SMILES string of the molecule is C1CNCCNCCNCCNCCNCCN1.O=S(=O)(O)O. The molecule has 1 heterocycles. The molecule has 0 saturated carbocycles. The molecule has 11 heteroatoms. The van der Waals surface area contributed by atoms with Gasteiger partial charge in [-0.25, -0.2) is 0 Å². The van der Waals surface area contributed by atoms with Crippen LogP contribution >= 0.6 is 0 Å². The van der Waals surface area contributed by atoms with Crippen molar-refractivity contribution in [1.82, 2.24) is 31.9 Å². The van der Waals surface area contributed by atoms with E-state index in [1.54, 1.807) is 0 Å². The lowest BCUT2D eigenvalue weighted by Gasteiger charge is -2.11. The molecule has 1 saturated heterocycles. The van der Waals surface area contributed by atoms with E-state index in [4.69, 9.17) is 17.5 Å². The predicted molar refractivity (Wildman–Crippen MR) is 91.4 cm³/mol. The smallest absolute Gasteiger partial charge is 0.314 e. The van der Waals surface area contributed by atoms with Gasteiger partial charge >= 0.3 is 10.4 Å². The zero-order chi connectivity index (χ0) is 17.2. The third-order valence-electron chi connectivity index (χ3n) is 2.87. The molecule has 1 fully saturated rings. The highest BCUT2D eigenvalue weighted by molar-refractivity contribution is 7.79. The maximum Gasteiger partial charge on any atom is 0.394 e. The first-order valence-electron chi connectivity index (χ1n) is 7.94. The third-order valence-corrected chi connectivity index (χ3v) is 2.87. The van der Waals surface area contributed by atoms with Gasteiger partial charge in [0.05, 0.1) is 0 Å². The molecule has 23 heavy (non-hydrogen) atoms. The Hall–Kier alpha value is -0.370. The fraction of sp³-hybridized carbons (Fsp3) is 1.00. The monoisotopic (exact) mass is 356 g/mol. The van der Waals surface area contributed by atoms with Crippen LogP contribution in [0.2, 0.25) is 0 Å². The van der Waals surface area contributed by atoms with E-state index in [1.807, 2.05) is 0 Å². The van der Waals surface area contributed by atoms with Crippen molar-refractivity contribution in [1.29, 1.82) is 0 Å². The van der Waals surface area contributed by atoms with E-state index in [9.17, 15) is 0 Å². The first kappa shape index (κ1) is 22.6. The second kappa shape index (κ2) is 16.5. The van der Waals surface area contributed by atoms with Gasteiger partial charge < -0.3 is 31.9 Å². The molecule has 1 rings (SSSR count). The van der Waals surface area contributed by atoms with Crippen molar-refractivity contribution < 1.29 is 17.5 Å². The Balaban J connectivity index is 0.000000841. The first-order valence-corrected chi connectivity index (χ1v) is 9.34. The Morgan fingerprint density at radius 1 is 0.435 bits per heavy atom. The average Bonchev–Trinajstić information content (AvgIpc) is 2.46. The summed E-state index contributed by atoms with van der Waals surface area (Å²) in [4.78, 5) is 0. The molecule has 0 aromatic rings. The first-order chi connectivity index (χ1) is 11.0. The molecular weight excluding hydrogens is 324 g/mol. The number of rotatable bonds is 0. The van der Waals surface area contributed by atoms with Crippen molar-refractivity contribution in [2.75, 3.05) is 78.5 Å². The molecule has 0 amide bonds. The minimum atomic E-state index is -4.67. The quantitative estimate of drug-likeness (QED) is 0.210. The summed E-state index contributed by atoms with van der Waals surface area (Å²) in [5.74, 6) is 0. The van der Waals surface area contributed by atoms with Crippen LogP contribution in [0.15, 0.2) is 0 Å². The van der Waals surface area contributed by atoms with Gasteiger partial charge in [-0.05, 0) is 0 Å². The van der Waals surface area contributed by atoms with Crippen molar-refractivity contribution in [2.24, 2.45) is 0 Å². The van der Waals surface area contributed by atoms with Crippen LogP contribution in [0.5, 0.6) is 0 Å². The summed E-state index contributed by atoms with van der Waals surface area (Å²) in [5.41, 5.74) is 0. The molecule has 1 aliphatic heterocycles. The van der Waals surface area contributed by atoms with E-state index in [0.29, 0.717) is 0 Å². The molecule has 0 aromatic carbocycles. The van der Waals surface area contributed by atoms with E-state index >= 15 is 0 Å². The Labute approximate surface area is 139 Å². The van der Waals surface area contributed by atoms with Gasteiger partial charge in [0.25, 0.3) is 0 Å². The summed E-state index contributed by atoms with van der Waals surface area (Å²) < 4.78 is 31.6. The van der Waals surface area contributed by atoms with Crippen molar-refractivity contribution in [3.63, 3.8) is 0 Å². The van der Waals surface area contributed by atoms with Crippen LogP contribution in [-0.4, -0.2) is 96.1 Å². The van der Waals surface area contributed by atoms with Crippen LogP contribution in [-0.2, 0) is 10.4 Å². The molecule has 0 radical (unpaired) electrons. The Morgan fingerprint density at radius 3 is 0.609 bits per heavy atom. The second-order valence-electron chi connectivity index (χ2n) is 4.95. The Morgan fingerprint density at radius 2 is 0.522 bits per heavy atom. The van der Waals surface area contributed by atoms with Gasteiger partial charge in [-0.1, -0.05) is 0 Å². The predicted octanol–water partition coefficient (Wildman–Crippen LogP) is -3.12. The largest absolute Gasteiger partial charge is 0.394 e. The average molecular weight is 356 g/mol. The highest BCUT2D eigenvalue weighted by atomic mass is 32.3. The summed E-state index contributed by atoms with van der Waals surface area (Å²) in [6, 6.07) is 0. The van der Waals surface area contributed by atoms with Crippen LogP contribution in [0.3, 0.4) is 0 Å². The van der Waals surface area contributed by atoms with Crippen molar-refractivity contribution in [3.05, 3.63) is 0 Å². The van der Waals surface area contributed by atoms with E-state index in [-0.39, 0.29) is 0 Å². The van der Waals surface area contributed by atoms with Crippen LogP contribution in [0.1, 0.15) is 0 Å². The highest BCUT2D eigenvalue weighted by Gasteiger charge is 1.92. The lowest BCUT2D eigenvalue weighted by Crippen LogP contribution is -2.39. The third kappa shape index (κ3) is 26.8. The van der Waals surface area contributed by atoms with Crippen LogP contribution in [0.25, 0.3) is 0 Å². The Bertz CT molecular complexity index is 261. The zero-order valence-electron chi connectivity index (χ0n) is 13.6. The van der Waals surface area contributed by atoms with Crippen molar-refractivity contribution in [2.45, 2.75) is 0 Å². The van der Waals surface area contributed by atoms with Gasteiger partial charge in [-0.2, -0.15) is 8.42 Å². The minimum Gasteiger partial charge on any atom is -0.314 e. The molecule has 0 atom stereocenters. The van der Waals surface area contributed by atoms with Crippen LogP contribution < -0.4 is 31.9 Å². The lowest BCUT2D eigenvalue weighted by atomic mass is 10.4. The topological polar surface area (TPSA) is 147 Å². The highest BCUT2D eigenvalue weighted by Crippen LogP contribution is 1.66. The summed E-state index contributed by atoms with van der Waals surface area (Å²) in [5, 5.41) is 20.5. The van der Waals surface area contributed by atoms with Gasteiger partial charge in [0.2, 0.25) is 0 Å². The van der Waals surface area contributed by atoms with E-state index < -0.39 is 10.4 Å². The maximum atomic E-state index is 8.74. The summed E-state index contributed by atoms with van der Waals surface area (Å²) in [6.07, 6.45) is 0. The minimum absolute atomic E-state index is 1.04. The van der Waals surface area contributed by atoms with Gasteiger partial charge in [0.1, 0.15) is 0 Å². The fourth-order valence-electron chi connectivity index (χ4n) is 1.81. The molecule has 0 unspecified atom stereocenters. The molecule has 0 bridgehead atoms. The summed E-state index contributed by atoms with van der Waals surface area (Å²) >= 11 is 0. The number of nitrogens with one attached hydrogen (secondary N) is 6. The number of hydrogen-bond donors (Lipinski definition) is 8.